The van der Waals surface area contributed by atoms with Gasteiger partial charge in [0.15, 0.2) is 0 Å². The van der Waals surface area contributed by atoms with Crippen molar-refractivity contribution in [3.05, 3.63) is 97.8 Å². The van der Waals surface area contributed by atoms with E-state index in [2.05, 4.69) is 5.32 Å². The Kier molecular flexibility index (Phi) is 5.90. The lowest BCUT2D eigenvalue weighted by molar-refractivity contribution is -0.137. The largest absolute Gasteiger partial charge is 0.416 e. The highest BCUT2D eigenvalue weighted by molar-refractivity contribution is 7.17. The highest BCUT2D eigenvalue weighted by atomic mass is 32.1. The summed E-state index contributed by atoms with van der Waals surface area (Å²) in [5.74, 6) is -1.21. The molecule has 4 rings (SSSR count). The maximum Gasteiger partial charge on any atom is 0.416 e. The van der Waals surface area contributed by atoms with Gasteiger partial charge in [0.2, 0.25) is 5.91 Å². The molecule has 1 N–H and O–H groups in total. The van der Waals surface area contributed by atoms with Gasteiger partial charge in [-0.05, 0) is 47.3 Å². The first-order valence-corrected chi connectivity index (χ1v) is 10.4. The van der Waals surface area contributed by atoms with E-state index in [1.54, 1.807) is 5.38 Å². The summed E-state index contributed by atoms with van der Waals surface area (Å²) in [7, 11) is 0. The number of hydrogen-bond acceptors (Lipinski definition) is 4. The van der Waals surface area contributed by atoms with Gasteiger partial charge in [-0.25, -0.2) is 9.18 Å². The number of fused-ring (bicyclic) bond motifs is 1. The van der Waals surface area contributed by atoms with Crippen LogP contribution in [0.2, 0.25) is 0 Å². The van der Waals surface area contributed by atoms with E-state index in [0.717, 1.165) is 38.7 Å². The molecule has 0 radical (unpaired) electrons. The van der Waals surface area contributed by atoms with Gasteiger partial charge in [0.05, 0.1) is 17.6 Å². The molecular formula is C22H15F4N3O3S. The minimum atomic E-state index is -4.57. The van der Waals surface area contributed by atoms with E-state index in [9.17, 15) is 31.9 Å². The second-order valence-electron chi connectivity index (χ2n) is 7.15. The number of amides is 1. The molecule has 170 valence electrons. The maximum absolute atomic E-state index is 13.2. The molecule has 2 heterocycles. The lowest BCUT2D eigenvalue weighted by Crippen LogP contribution is -2.41. The van der Waals surface area contributed by atoms with Crippen LogP contribution in [0.25, 0.3) is 10.2 Å². The minimum Gasteiger partial charge on any atom is -0.325 e. The summed E-state index contributed by atoms with van der Waals surface area (Å²) in [5, 5.41) is 3.94. The number of rotatable bonds is 5. The summed E-state index contributed by atoms with van der Waals surface area (Å²) in [6.07, 6.45) is -4.57. The highest BCUT2D eigenvalue weighted by Gasteiger charge is 2.30. The van der Waals surface area contributed by atoms with Crippen LogP contribution in [0.1, 0.15) is 11.1 Å². The fourth-order valence-corrected chi connectivity index (χ4v) is 4.16. The zero-order chi connectivity index (χ0) is 23.8. The average molecular weight is 477 g/mol. The van der Waals surface area contributed by atoms with Gasteiger partial charge in [0.25, 0.3) is 5.56 Å². The fourth-order valence-electron chi connectivity index (χ4n) is 3.32. The summed E-state index contributed by atoms with van der Waals surface area (Å²) in [6, 6.07) is 10.9. The Morgan fingerprint density at radius 2 is 1.73 bits per heavy atom. The normalized spacial score (nSPS) is 11.6. The van der Waals surface area contributed by atoms with Crippen LogP contribution in [-0.2, 0) is 24.1 Å². The smallest absolute Gasteiger partial charge is 0.325 e. The molecule has 0 bridgehead atoms. The molecule has 2 aromatic heterocycles. The summed E-state index contributed by atoms with van der Waals surface area (Å²) < 4.78 is 54.2. The van der Waals surface area contributed by atoms with Gasteiger partial charge in [0, 0.05) is 5.69 Å². The monoisotopic (exact) mass is 477 g/mol. The van der Waals surface area contributed by atoms with Gasteiger partial charge < -0.3 is 5.32 Å². The average Bonchev–Trinajstić information content (AvgIpc) is 3.25. The Morgan fingerprint density at radius 3 is 2.42 bits per heavy atom. The number of carbonyl (C=O) groups is 1. The van der Waals surface area contributed by atoms with Gasteiger partial charge in [-0.1, -0.05) is 18.2 Å². The van der Waals surface area contributed by atoms with E-state index < -0.39 is 41.3 Å². The molecule has 6 nitrogen and oxygen atoms in total. The lowest BCUT2D eigenvalue weighted by atomic mass is 10.2. The van der Waals surface area contributed by atoms with Crippen LogP contribution in [0, 0.1) is 5.82 Å². The van der Waals surface area contributed by atoms with E-state index in [4.69, 9.17) is 0 Å². The summed E-state index contributed by atoms with van der Waals surface area (Å²) in [6.45, 7) is -0.660. The van der Waals surface area contributed by atoms with Gasteiger partial charge >= 0.3 is 11.9 Å². The van der Waals surface area contributed by atoms with E-state index >= 15 is 0 Å². The second kappa shape index (κ2) is 8.66. The number of benzene rings is 2. The van der Waals surface area contributed by atoms with Crippen molar-refractivity contribution in [3.8, 4) is 0 Å². The fraction of sp³-hybridized carbons (Fsp3) is 0.136. The number of hydrogen-bond donors (Lipinski definition) is 1. The molecular weight excluding hydrogens is 462 g/mol. The molecule has 0 spiro atoms. The number of aromatic nitrogens is 2. The first kappa shape index (κ1) is 22.5. The first-order valence-electron chi connectivity index (χ1n) is 9.56. The number of thiophene rings is 1. The molecule has 0 aliphatic carbocycles. The van der Waals surface area contributed by atoms with Gasteiger partial charge in [-0.15, -0.1) is 11.3 Å². The Balaban J connectivity index is 1.67. The molecule has 0 unspecified atom stereocenters. The molecule has 0 saturated carbocycles. The topological polar surface area (TPSA) is 73.1 Å². The number of carbonyl (C=O) groups excluding carboxylic acids is 1. The van der Waals surface area contributed by atoms with Crippen LogP contribution < -0.4 is 16.6 Å². The molecule has 33 heavy (non-hydrogen) atoms. The molecule has 0 aliphatic rings. The van der Waals surface area contributed by atoms with Crippen LogP contribution in [0.15, 0.2) is 69.6 Å². The Morgan fingerprint density at radius 1 is 1.00 bits per heavy atom. The molecule has 1 amide bonds. The molecule has 0 atom stereocenters. The number of nitrogens with one attached hydrogen (secondary N) is 1. The predicted molar refractivity (Wildman–Crippen MR) is 116 cm³/mol. The molecule has 2 aromatic carbocycles. The standard InChI is InChI=1S/C22H15F4N3O3S/c23-15-6-4-13(5-7-15)11-29-20(31)19-17(8-9-33-19)28(21(29)32)12-18(30)27-16-3-1-2-14(10-16)22(24,25)26/h1-10H,11-12H2,(H,27,30). The van der Waals surface area contributed by atoms with Crippen molar-refractivity contribution in [2.24, 2.45) is 0 Å². The molecule has 11 heteroatoms. The Labute approximate surface area is 187 Å². The van der Waals surface area contributed by atoms with E-state index in [1.165, 1.54) is 36.4 Å². The number of nitrogens with zero attached hydrogens (tertiary/aromatic N) is 2. The Hall–Kier alpha value is -3.73. The van der Waals surface area contributed by atoms with Crippen molar-refractivity contribution in [2.75, 3.05) is 5.32 Å². The van der Waals surface area contributed by atoms with Crippen molar-refractivity contribution < 1.29 is 22.4 Å². The summed E-state index contributed by atoms with van der Waals surface area (Å²) >= 11 is 1.09. The van der Waals surface area contributed by atoms with Crippen molar-refractivity contribution in [1.82, 2.24) is 9.13 Å². The van der Waals surface area contributed by atoms with Crippen molar-refractivity contribution in [3.63, 3.8) is 0 Å². The third kappa shape index (κ3) is 4.72. The zero-order valence-corrected chi connectivity index (χ0v) is 17.5. The lowest BCUT2D eigenvalue weighted by Gasteiger charge is -2.13. The highest BCUT2D eigenvalue weighted by Crippen LogP contribution is 2.30. The zero-order valence-electron chi connectivity index (χ0n) is 16.7. The van der Waals surface area contributed by atoms with Crippen LogP contribution in [0.5, 0.6) is 0 Å². The van der Waals surface area contributed by atoms with E-state index in [-0.39, 0.29) is 22.4 Å². The predicted octanol–water partition coefficient (Wildman–Crippen LogP) is 4.07. The van der Waals surface area contributed by atoms with Gasteiger partial charge in [-0.2, -0.15) is 13.2 Å². The van der Waals surface area contributed by atoms with Crippen molar-refractivity contribution in [1.29, 1.82) is 0 Å². The molecule has 4 aromatic rings. The van der Waals surface area contributed by atoms with Gasteiger partial charge in [0.1, 0.15) is 17.1 Å². The number of alkyl halides is 3. The Bertz CT molecular complexity index is 1450. The second-order valence-corrected chi connectivity index (χ2v) is 8.06. The summed E-state index contributed by atoms with van der Waals surface area (Å²) in [5.41, 5.74) is -1.58. The quantitative estimate of drug-likeness (QED) is 0.441. The van der Waals surface area contributed by atoms with E-state index in [0.29, 0.717) is 5.56 Å². The molecule has 0 fully saturated rings. The maximum atomic E-state index is 13.2. The number of anilines is 1. The molecule has 0 aliphatic heterocycles. The minimum absolute atomic E-state index is 0.0796. The third-order valence-corrected chi connectivity index (χ3v) is 5.76. The summed E-state index contributed by atoms with van der Waals surface area (Å²) in [4.78, 5) is 38.5. The first-order chi connectivity index (χ1) is 15.6. The van der Waals surface area contributed by atoms with Crippen molar-refractivity contribution in [2.45, 2.75) is 19.3 Å². The van der Waals surface area contributed by atoms with E-state index in [1.807, 2.05) is 0 Å². The van der Waals surface area contributed by atoms with Crippen LogP contribution in [-0.4, -0.2) is 15.0 Å². The SMILES string of the molecule is O=C(Cn1c(=O)n(Cc2ccc(F)cc2)c(=O)c2sccc21)Nc1cccc(C(F)(F)F)c1. The molecule has 0 saturated heterocycles. The van der Waals surface area contributed by atoms with Crippen LogP contribution >= 0.6 is 11.3 Å². The van der Waals surface area contributed by atoms with Gasteiger partial charge in [-0.3, -0.25) is 18.7 Å². The van der Waals surface area contributed by atoms with Crippen molar-refractivity contribution >= 4 is 33.1 Å². The van der Waals surface area contributed by atoms with Crippen LogP contribution in [0.3, 0.4) is 0 Å². The third-order valence-electron chi connectivity index (χ3n) is 4.87. The number of halogens is 4. The van der Waals surface area contributed by atoms with Crippen LogP contribution in [0.4, 0.5) is 23.2 Å².